The second-order valence-electron chi connectivity index (χ2n) is 6.21. The Morgan fingerprint density at radius 2 is 2.05 bits per heavy atom. The van der Waals surface area contributed by atoms with Gasteiger partial charge in [-0.1, -0.05) is 20.8 Å². The summed E-state index contributed by atoms with van der Waals surface area (Å²) in [7, 11) is 0. The van der Waals surface area contributed by atoms with Gasteiger partial charge in [0, 0.05) is 35.6 Å². The maximum atomic E-state index is 9.26. The van der Waals surface area contributed by atoms with Gasteiger partial charge in [-0.25, -0.2) is 0 Å². The molecule has 0 saturated carbocycles. The molecule has 4 heteroatoms. The highest BCUT2D eigenvalue weighted by atomic mass is 16.3. The summed E-state index contributed by atoms with van der Waals surface area (Å²) in [4.78, 5) is 4.35. The predicted octanol–water partition coefficient (Wildman–Crippen LogP) is 3.03. The zero-order valence-electron chi connectivity index (χ0n) is 12.4. The number of aliphatic hydroxyl groups is 1. The normalized spacial score (nSPS) is 13.4. The van der Waals surface area contributed by atoms with Gasteiger partial charge in [0.2, 0.25) is 0 Å². The van der Waals surface area contributed by atoms with Gasteiger partial charge in [-0.05, 0) is 36.1 Å². The van der Waals surface area contributed by atoms with E-state index < -0.39 is 0 Å². The van der Waals surface area contributed by atoms with E-state index in [0.29, 0.717) is 12.1 Å². The zero-order chi connectivity index (χ0) is 14.8. The van der Waals surface area contributed by atoms with E-state index in [0.717, 1.165) is 16.6 Å². The lowest BCUT2D eigenvalue weighted by atomic mass is 9.84. The van der Waals surface area contributed by atoms with Gasteiger partial charge in [0.25, 0.3) is 0 Å². The first-order valence-electron chi connectivity index (χ1n) is 6.93. The molecule has 0 fully saturated rings. The van der Waals surface area contributed by atoms with Crippen molar-refractivity contribution in [3.63, 3.8) is 0 Å². The van der Waals surface area contributed by atoms with E-state index in [1.165, 1.54) is 0 Å². The number of anilines is 2. The van der Waals surface area contributed by atoms with Crippen molar-refractivity contribution in [1.82, 2.24) is 4.98 Å². The Hall–Kier alpha value is -1.81. The van der Waals surface area contributed by atoms with Crippen molar-refractivity contribution in [2.45, 2.75) is 33.2 Å². The van der Waals surface area contributed by atoms with Gasteiger partial charge < -0.3 is 16.2 Å². The molecule has 1 atom stereocenters. The second kappa shape index (κ2) is 5.67. The molecule has 0 aliphatic carbocycles. The number of pyridine rings is 1. The molecular formula is C16H23N3O. The molecule has 4 nitrogen and oxygen atoms in total. The maximum absolute atomic E-state index is 9.26. The number of benzene rings is 1. The van der Waals surface area contributed by atoms with Crippen LogP contribution in [0.5, 0.6) is 0 Å². The molecule has 0 aliphatic heterocycles. The van der Waals surface area contributed by atoms with Crippen LogP contribution in [0.15, 0.2) is 30.5 Å². The number of fused-ring (bicyclic) bond motifs is 1. The number of nitrogens with two attached hydrogens (primary N) is 1. The Balaban J connectivity index is 2.37. The Morgan fingerprint density at radius 1 is 1.30 bits per heavy atom. The topological polar surface area (TPSA) is 71.2 Å². The van der Waals surface area contributed by atoms with Gasteiger partial charge in [-0.2, -0.15) is 0 Å². The van der Waals surface area contributed by atoms with Crippen LogP contribution in [0, 0.1) is 5.41 Å². The Morgan fingerprint density at radius 3 is 2.70 bits per heavy atom. The average Bonchev–Trinajstić information content (AvgIpc) is 2.37. The van der Waals surface area contributed by atoms with Crippen LogP contribution in [0.3, 0.4) is 0 Å². The molecule has 0 spiro atoms. The van der Waals surface area contributed by atoms with Crippen molar-refractivity contribution in [2.24, 2.45) is 5.41 Å². The summed E-state index contributed by atoms with van der Waals surface area (Å²) in [5, 5.41) is 13.9. The summed E-state index contributed by atoms with van der Waals surface area (Å²) in [5.74, 6) is 0. The Bertz CT molecular complexity index is 590. The van der Waals surface area contributed by atoms with E-state index in [9.17, 15) is 5.11 Å². The van der Waals surface area contributed by atoms with E-state index in [1.807, 2.05) is 24.3 Å². The van der Waals surface area contributed by atoms with Crippen LogP contribution in [0.2, 0.25) is 0 Å². The first-order valence-corrected chi connectivity index (χ1v) is 6.93. The van der Waals surface area contributed by atoms with E-state index in [2.05, 4.69) is 31.1 Å². The van der Waals surface area contributed by atoms with Crippen molar-refractivity contribution in [3.8, 4) is 0 Å². The van der Waals surface area contributed by atoms with Crippen LogP contribution < -0.4 is 11.1 Å². The fourth-order valence-corrected chi connectivity index (χ4v) is 2.33. The van der Waals surface area contributed by atoms with Crippen molar-refractivity contribution >= 4 is 22.3 Å². The monoisotopic (exact) mass is 273 g/mol. The fourth-order valence-electron chi connectivity index (χ4n) is 2.33. The van der Waals surface area contributed by atoms with Crippen LogP contribution in [0.4, 0.5) is 11.4 Å². The molecule has 0 saturated heterocycles. The van der Waals surface area contributed by atoms with Crippen LogP contribution in [-0.4, -0.2) is 22.7 Å². The number of nitrogens with zero attached hydrogens (tertiary/aromatic N) is 1. The van der Waals surface area contributed by atoms with Gasteiger partial charge in [0.1, 0.15) is 0 Å². The van der Waals surface area contributed by atoms with Gasteiger partial charge in [-0.15, -0.1) is 0 Å². The first kappa shape index (κ1) is 14.6. The molecule has 0 bridgehead atoms. The van der Waals surface area contributed by atoms with Crippen LogP contribution in [-0.2, 0) is 0 Å². The summed E-state index contributed by atoms with van der Waals surface area (Å²) in [6.45, 7) is 6.68. The highest BCUT2D eigenvalue weighted by molar-refractivity contribution is 5.92. The SMILES string of the molecule is CC(C)(C)C(CCO)Nc1ccnc2cc(N)ccc12. The quantitative estimate of drug-likeness (QED) is 0.749. The number of aromatic nitrogens is 1. The Labute approximate surface area is 120 Å². The Kier molecular flexibility index (Phi) is 4.14. The van der Waals surface area contributed by atoms with E-state index in [4.69, 9.17) is 5.73 Å². The van der Waals surface area contributed by atoms with Crippen molar-refractivity contribution in [1.29, 1.82) is 0 Å². The van der Waals surface area contributed by atoms with Crippen molar-refractivity contribution in [3.05, 3.63) is 30.5 Å². The number of hydrogen-bond donors (Lipinski definition) is 3. The molecule has 0 radical (unpaired) electrons. The van der Waals surface area contributed by atoms with Crippen LogP contribution in [0.25, 0.3) is 10.9 Å². The lowest BCUT2D eigenvalue weighted by Gasteiger charge is -2.32. The maximum Gasteiger partial charge on any atom is 0.0743 e. The molecule has 4 N–H and O–H groups in total. The van der Waals surface area contributed by atoms with E-state index >= 15 is 0 Å². The second-order valence-corrected chi connectivity index (χ2v) is 6.21. The van der Waals surface area contributed by atoms with Crippen molar-refractivity contribution < 1.29 is 5.11 Å². The lowest BCUT2D eigenvalue weighted by molar-refractivity contribution is 0.235. The molecule has 0 aliphatic rings. The molecule has 2 rings (SSSR count). The zero-order valence-corrected chi connectivity index (χ0v) is 12.4. The molecular weight excluding hydrogens is 250 g/mol. The lowest BCUT2D eigenvalue weighted by Crippen LogP contribution is -2.34. The summed E-state index contributed by atoms with van der Waals surface area (Å²) < 4.78 is 0. The third-order valence-corrected chi connectivity index (χ3v) is 3.56. The minimum atomic E-state index is 0.0616. The largest absolute Gasteiger partial charge is 0.399 e. The number of nitrogen functional groups attached to an aromatic ring is 1. The molecule has 1 aromatic heterocycles. The number of aliphatic hydroxyl groups excluding tert-OH is 1. The molecule has 1 heterocycles. The van der Waals surface area contributed by atoms with Gasteiger partial charge in [-0.3, -0.25) is 4.98 Å². The minimum Gasteiger partial charge on any atom is -0.399 e. The first-order chi connectivity index (χ1) is 9.41. The minimum absolute atomic E-state index is 0.0616. The highest BCUT2D eigenvalue weighted by Crippen LogP contribution is 2.29. The van der Waals surface area contributed by atoms with Gasteiger partial charge in [0.05, 0.1) is 5.52 Å². The molecule has 2 aromatic rings. The standard InChI is InChI=1S/C16H23N3O/c1-16(2,3)15(7-9-20)19-13-6-8-18-14-10-11(17)4-5-12(13)14/h4-6,8,10,15,20H,7,9,17H2,1-3H3,(H,18,19). The number of hydrogen-bond acceptors (Lipinski definition) is 4. The van der Waals surface area contributed by atoms with Gasteiger partial charge >= 0.3 is 0 Å². The van der Waals surface area contributed by atoms with Gasteiger partial charge in [0.15, 0.2) is 0 Å². The van der Waals surface area contributed by atoms with Crippen molar-refractivity contribution in [2.75, 3.05) is 17.7 Å². The highest BCUT2D eigenvalue weighted by Gasteiger charge is 2.24. The third kappa shape index (κ3) is 3.20. The smallest absolute Gasteiger partial charge is 0.0743 e. The van der Waals surface area contributed by atoms with E-state index in [-0.39, 0.29) is 18.1 Å². The summed E-state index contributed by atoms with van der Waals surface area (Å²) in [6.07, 6.45) is 2.49. The van der Waals surface area contributed by atoms with E-state index in [1.54, 1.807) is 6.20 Å². The molecule has 1 aromatic carbocycles. The summed E-state index contributed by atoms with van der Waals surface area (Å²) in [6, 6.07) is 7.90. The summed E-state index contributed by atoms with van der Waals surface area (Å²) >= 11 is 0. The van der Waals surface area contributed by atoms with Crippen LogP contribution in [0.1, 0.15) is 27.2 Å². The third-order valence-electron chi connectivity index (χ3n) is 3.56. The molecule has 1 unspecified atom stereocenters. The van der Waals surface area contributed by atoms with Crippen LogP contribution >= 0.6 is 0 Å². The molecule has 0 amide bonds. The summed E-state index contributed by atoms with van der Waals surface area (Å²) in [5.41, 5.74) is 8.49. The fraction of sp³-hybridized carbons (Fsp3) is 0.438. The number of rotatable bonds is 4. The number of nitrogens with one attached hydrogen (secondary N) is 1. The predicted molar refractivity (Wildman–Crippen MR) is 84.7 cm³/mol. The average molecular weight is 273 g/mol. The molecule has 108 valence electrons. The molecule has 20 heavy (non-hydrogen) atoms.